The quantitative estimate of drug-likeness (QED) is 0.540. The van der Waals surface area contributed by atoms with Crippen molar-refractivity contribution < 1.29 is 18.8 Å². The van der Waals surface area contributed by atoms with Crippen molar-refractivity contribution in [1.29, 1.82) is 0 Å². The highest BCUT2D eigenvalue weighted by Crippen LogP contribution is 2.01. The van der Waals surface area contributed by atoms with Crippen molar-refractivity contribution in [2.45, 2.75) is 45.4 Å². The number of hydrogen-bond donors (Lipinski definition) is 1. The van der Waals surface area contributed by atoms with E-state index in [0.29, 0.717) is 37.5 Å². The van der Waals surface area contributed by atoms with Crippen molar-refractivity contribution in [3.05, 3.63) is 11.7 Å². The third kappa shape index (κ3) is 6.86. The van der Waals surface area contributed by atoms with E-state index in [4.69, 9.17) is 4.52 Å². The number of ether oxygens (including phenoxy) is 1. The molecule has 0 atom stereocenters. The predicted octanol–water partition coefficient (Wildman–Crippen LogP) is 1.16. The van der Waals surface area contributed by atoms with E-state index in [1.165, 1.54) is 7.11 Å². The van der Waals surface area contributed by atoms with E-state index in [1.54, 1.807) is 6.92 Å². The largest absolute Gasteiger partial charge is 0.469 e. The maximum Gasteiger partial charge on any atom is 0.305 e. The first kappa shape index (κ1) is 16.1. The molecular weight excluding hydrogens is 262 g/mol. The average Bonchev–Trinajstić information content (AvgIpc) is 2.85. The molecule has 0 saturated carbocycles. The van der Waals surface area contributed by atoms with E-state index < -0.39 is 0 Å². The molecule has 0 saturated heterocycles. The van der Waals surface area contributed by atoms with Gasteiger partial charge in [-0.25, -0.2) is 0 Å². The number of carbonyl (C=O) groups is 2. The molecule has 112 valence electrons. The van der Waals surface area contributed by atoms with Gasteiger partial charge in [-0.15, -0.1) is 0 Å². The number of methoxy groups -OCH3 is 1. The van der Waals surface area contributed by atoms with Gasteiger partial charge in [0, 0.05) is 25.8 Å². The Morgan fingerprint density at radius 3 is 2.70 bits per heavy atom. The maximum atomic E-state index is 11.5. The summed E-state index contributed by atoms with van der Waals surface area (Å²) >= 11 is 0. The Kier molecular flexibility index (Phi) is 7.31. The number of nitrogens with zero attached hydrogens (tertiary/aromatic N) is 2. The van der Waals surface area contributed by atoms with Gasteiger partial charge < -0.3 is 14.6 Å². The van der Waals surface area contributed by atoms with E-state index in [1.807, 2.05) is 0 Å². The Labute approximate surface area is 118 Å². The molecule has 0 aliphatic heterocycles. The van der Waals surface area contributed by atoms with Crippen molar-refractivity contribution in [3.8, 4) is 0 Å². The van der Waals surface area contributed by atoms with Gasteiger partial charge in [-0.3, -0.25) is 9.59 Å². The van der Waals surface area contributed by atoms with Crippen molar-refractivity contribution in [2.24, 2.45) is 0 Å². The molecule has 7 nitrogen and oxygen atoms in total. The minimum Gasteiger partial charge on any atom is -0.469 e. The Bertz CT molecular complexity index is 431. The van der Waals surface area contributed by atoms with Crippen LogP contribution in [0.25, 0.3) is 0 Å². The van der Waals surface area contributed by atoms with Crippen LogP contribution >= 0.6 is 0 Å². The zero-order valence-corrected chi connectivity index (χ0v) is 12.0. The summed E-state index contributed by atoms with van der Waals surface area (Å²) in [5.41, 5.74) is 0. The second-order valence-electron chi connectivity index (χ2n) is 4.47. The molecule has 0 fully saturated rings. The standard InChI is InChI=1S/C13H21N3O4/c1-10-15-12(20-16-10)8-7-11(17)14-9-5-3-4-6-13(18)19-2/h3-9H2,1-2H3,(H,14,17). The smallest absolute Gasteiger partial charge is 0.305 e. The third-order valence-corrected chi connectivity index (χ3v) is 2.74. The Hall–Kier alpha value is -1.92. The van der Waals surface area contributed by atoms with Crippen molar-refractivity contribution in [3.63, 3.8) is 0 Å². The lowest BCUT2D eigenvalue weighted by molar-refractivity contribution is -0.140. The molecule has 1 amide bonds. The van der Waals surface area contributed by atoms with Crippen LogP contribution in [0, 0.1) is 6.92 Å². The van der Waals surface area contributed by atoms with E-state index in [2.05, 4.69) is 20.2 Å². The van der Waals surface area contributed by atoms with E-state index in [9.17, 15) is 9.59 Å². The van der Waals surface area contributed by atoms with Gasteiger partial charge in [0.25, 0.3) is 0 Å². The van der Waals surface area contributed by atoms with E-state index in [-0.39, 0.29) is 11.9 Å². The summed E-state index contributed by atoms with van der Waals surface area (Å²) in [6.07, 6.45) is 3.74. The van der Waals surface area contributed by atoms with Gasteiger partial charge in [0.1, 0.15) is 0 Å². The number of unbranched alkanes of at least 4 members (excludes halogenated alkanes) is 2. The molecule has 0 unspecified atom stereocenters. The molecule has 0 aromatic carbocycles. The van der Waals surface area contributed by atoms with Crippen LogP contribution in [0.4, 0.5) is 0 Å². The first-order valence-electron chi connectivity index (χ1n) is 6.74. The van der Waals surface area contributed by atoms with Crippen LogP contribution in [-0.4, -0.2) is 35.7 Å². The Balaban J connectivity index is 1.99. The highest BCUT2D eigenvalue weighted by atomic mass is 16.5. The van der Waals surface area contributed by atoms with Crippen molar-refractivity contribution in [2.75, 3.05) is 13.7 Å². The summed E-state index contributed by atoms with van der Waals surface area (Å²) in [7, 11) is 1.38. The van der Waals surface area contributed by atoms with Crippen molar-refractivity contribution in [1.82, 2.24) is 15.5 Å². The third-order valence-electron chi connectivity index (χ3n) is 2.74. The number of rotatable bonds is 9. The predicted molar refractivity (Wildman–Crippen MR) is 70.8 cm³/mol. The zero-order valence-electron chi connectivity index (χ0n) is 12.0. The molecule has 0 aliphatic carbocycles. The second-order valence-corrected chi connectivity index (χ2v) is 4.47. The monoisotopic (exact) mass is 283 g/mol. The number of aromatic nitrogens is 2. The van der Waals surface area contributed by atoms with Crippen LogP contribution in [0.15, 0.2) is 4.52 Å². The molecule has 7 heteroatoms. The van der Waals surface area contributed by atoms with Gasteiger partial charge in [0.2, 0.25) is 11.8 Å². The fourth-order valence-corrected chi connectivity index (χ4v) is 1.65. The lowest BCUT2D eigenvalue weighted by Gasteiger charge is -2.04. The molecule has 0 bridgehead atoms. The normalized spacial score (nSPS) is 10.3. The Morgan fingerprint density at radius 1 is 1.25 bits per heavy atom. The molecular formula is C13H21N3O4. The van der Waals surface area contributed by atoms with Gasteiger partial charge in [-0.1, -0.05) is 11.6 Å². The summed E-state index contributed by atoms with van der Waals surface area (Å²) < 4.78 is 9.46. The molecule has 0 aliphatic rings. The summed E-state index contributed by atoms with van der Waals surface area (Å²) in [6, 6.07) is 0. The number of nitrogens with one attached hydrogen (secondary N) is 1. The summed E-state index contributed by atoms with van der Waals surface area (Å²) in [6.45, 7) is 2.35. The van der Waals surface area contributed by atoms with E-state index in [0.717, 1.165) is 19.3 Å². The molecule has 0 radical (unpaired) electrons. The lowest BCUT2D eigenvalue weighted by Crippen LogP contribution is -2.24. The lowest BCUT2D eigenvalue weighted by atomic mass is 10.2. The van der Waals surface area contributed by atoms with Gasteiger partial charge in [0.15, 0.2) is 5.82 Å². The molecule has 0 spiro atoms. The summed E-state index contributed by atoms with van der Waals surface area (Å²) in [5, 5.41) is 6.47. The van der Waals surface area contributed by atoms with Crippen LogP contribution < -0.4 is 5.32 Å². The van der Waals surface area contributed by atoms with Gasteiger partial charge in [0.05, 0.1) is 7.11 Å². The first-order valence-corrected chi connectivity index (χ1v) is 6.74. The minimum atomic E-state index is -0.191. The first-order chi connectivity index (χ1) is 9.61. The number of esters is 1. The van der Waals surface area contributed by atoms with Crippen LogP contribution in [0.1, 0.15) is 43.8 Å². The number of carbonyl (C=O) groups excluding carboxylic acids is 2. The van der Waals surface area contributed by atoms with Crippen LogP contribution in [-0.2, 0) is 20.7 Å². The average molecular weight is 283 g/mol. The highest BCUT2D eigenvalue weighted by molar-refractivity contribution is 5.75. The molecule has 1 aromatic heterocycles. The molecule has 1 rings (SSSR count). The topological polar surface area (TPSA) is 94.3 Å². The Morgan fingerprint density at radius 2 is 2.05 bits per heavy atom. The van der Waals surface area contributed by atoms with E-state index >= 15 is 0 Å². The number of amides is 1. The van der Waals surface area contributed by atoms with Crippen LogP contribution in [0.2, 0.25) is 0 Å². The summed E-state index contributed by atoms with van der Waals surface area (Å²) in [5.74, 6) is 0.833. The van der Waals surface area contributed by atoms with Crippen LogP contribution in [0.3, 0.4) is 0 Å². The number of hydrogen-bond acceptors (Lipinski definition) is 6. The van der Waals surface area contributed by atoms with Gasteiger partial charge in [-0.05, 0) is 19.8 Å². The van der Waals surface area contributed by atoms with Crippen molar-refractivity contribution >= 4 is 11.9 Å². The summed E-state index contributed by atoms with van der Waals surface area (Å²) in [4.78, 5) is 26.4. The fraction of sp³-hybridized carbons (Fsp3) is 0.692. The number of aryl methyl sites for hydroxylation is 2. The molecule has 1 aromatic rings. The molecule has 1 N–H and O–H groups in total. The maximum absolute atomic E-state index is 11.5. The van der Waals surface area contributed by atoms with Crippen LogP contribution in [0.5, 0.6) is 0 Å². The van der Waals surface area contributed by atoms with Gasteiger partial charge in [-0.2, -0.15) is 4.98 Å². The highest BCUT2D eigenvalue weighted by Gasteiger charge is 2.06. The molecule has 1 heterocycles. The fourth-order valence-electron chi connectivity index (χ4n) is 1.65. The SMILES string of the molecule is COC(=O)CCCCCNC(=O)CCc1nc(C)no1. The van der Waals surface area contributed by atoms with Gasteiger partial charge >= 0.3 is 5.97 Å². The molecule has 20 heavy (non-hydrogen) atoms. The zero-order chi connectivity index (χ0) is 14.8. The minimum absolute atomic E-state index is 0.0335. The second kappa shape index (κ2) is 9.06.